The lowest BCUT2D eigenvalue weighted by atomic mass is 9.94. The molecule has 1 aromatic rings. The average Bonchev–Trinajstić information content (AvgIpc) is 3.24. The van der Waals surface area contributed by atoms with Gasteiger partial charge in [0.25, 0.3) is 0 Å². The molecule has 1 aliphatic carbocycles. The third-order valence-electron chi connectivity index (χ3n) is 6.01. The number of nitrogens with zero attached hydrogens (tertiary/aromatic N) is 3. The second-order valence-corrected chi connectivity index (χ2v) is 9.53. The van der Waals surface area contributed by atoms with Crippen LogP contribution >= 0.6 is 28.6 Å². The highest BCUT2D eigenvalue weighted by molar-refractivity contribution is 9.10. The Labute approximate surface area is 225 Å². The predicted molar refractivity (Wildman–Crippen MR) is 161 cm³/mol. The van der Waals surface area contributed by atoms with Crippen LogP contribution in [0.15, 0.2) is 52.7 Å². The van der Waals surface area contributed by atoms with Gasteiger partial charge in [0, 0.05) is 5.70 Å². The van der Waals surface area contributed by atoms with Crippen molar-refractivity contribution in [3.63, 3.8) is 0 Å². The van der Waals surface area contributed by atoms with E-state index in [1.54, 1.807) is 0 Å². The van der Waals surface area contributed by atoms with E-state index in [1.807, 2.05) is 45.5 Å². The topological polar surface area (TPSA) is 21.1 Å². The van der Waals surface area contributed by atoms with E-state index >= 15 is 0 Å². The molecule has 0 amide bonds. The molecule has 0 saturated carbocycles. The standard InChI is InChI=1S/C15H17BrN2.C10H21NS.2C2H6/c1-11(14-7-5-4-6-8-14)9-12(2)18-13(3)15(16)10-17-18;1-2-10-4-7-11(8-5-10)6-3-9-12;2*1-2/h4-5,7,9-10H,1,6,8H2,2-3H3;10,12H,2-9H2,1H3;2*1-2H3/b12-9-;;;. The van der Waals surface area contributed by atoms with Gasteiger partial charge in [-0.2, -0.15) is 17.7 Å². The number of hydrogen-bond acceptors (Lipinski definition) is 3. The third kappa shape index (κ3) is 12.1. The van der Waals surface area contributed by atoms with Gasteiger partial charge in [0.2, 0.25) is 0 Å². The van der Waals surface area contributed by atoms with Crippen LogP contribution < -0.4 is 0 Å². The molecule has 34 heavy (non-hydrogen) atoms. The summed E-state index contributed by atoms with van der Waals surface area (Å²) in [5.74, 6) is 2.05. The number of aromatic nitrogens is 2. The average molecular weight is 553 g/mol. The molecule has 0 N–H and O–H groups in total. The van der Waals surface area contributed by atoms with Gasteiger partial charge in [-0.1, -0.05) is 65.8 Å². The molecule has 2 heterocycles. The van der Waals surface area contributed by atoms with Crippen LogP contribution in [0.4, 0.5) is 0 Å². The fourth-order valence-corrected chi connectivity index (χ4v) is 4.33. The third-order valence-corrected chi connectivity index (χ3v) is 7.11. The highest BCUT2D eigenvalue weighted by atomic mass is 79.9. The van der Waals surface area contributed by atoms with Gasteiger partial charge in [0.05, 0.1) is 16.4 Å². The van der Waals surface area contributed by atoms with Crippen LogP contribution in [0.2, 0.25) is 0 Å². The molecule has 1 saturated heterocycles. The summed E-state index contributed by atoms with van der Waals surface area (Å²) in [6, 6.07) is 0. The zero-order chi connectivity index (χ0) is 25.9. The van der Waals surface area contributed by atoms with Crippen LogP contribution in [-0.4, -0.2) is 40.1 Å². The van der Waals surface area contributed by atoms with Gasteiger partial charge in [0.1, 0.15) is 0 Å². The lowest BCUT2D eigenvalue weighted by Gasteiger charge is -2.31. The first kappa shape index (κ1) is 33.0. The Morgan fingerprint density at radius 2 is 1.88 bits per heavy atom. The van der Waals surface area contributed by atoms with Crippen molar-refractivity contribution in [1.29, 1.82) is 0 Å². The van der Waals surface area contributed by atoms with Crippen LogP contribution in [0.5, 0.6) is 0 Å². The summed E-state index contributed by atoms with van der Waals surface area (Å²) < 4.78 is 2.95. The van der Waals surface area contributed by atoms with Crippen molar-refractivity contribution in [2.75, 3.05) is 25.4 Å². The Kier molecular flexibility index (Phi) is 19.6. The number of thiol groups is 1. The van der Waals surface area contributed by atoms with E-state index in [9.17, 15) is 0 Å². The van der Waals surface area contributed by atoms with Gasteiger partial charge in [-0.05, 0) is 110 Å². The van der Waals surface area contributed by atoms with Crippen molar-refractivity contribution in [3.05, 3.63) is 58.4 Å². The quantitative estimate of drug-likeness (QED) is 0.269. The molecule has 3 nitrogen and oxygen atoms in total. The summed E-state index contributed by atoms with van der Waals surface area (Å²) in [5, 5.41) is 4.34. The van der Waals surface area contributed by atoms with Gasteiger partial charge >= 0.3 is 0 Å². The molecule has 2 aliphatic rings. The first-order chi connectivity index (χ1) is 16.5. The maximum atomic E-state index is 4.34. The van der Waals surface area contributed by atoms with Crippen molar-refractivity contribution >= 4 is 34.3 Å². The smallest absolute Gasteiger partial charge is 0.0639 e. The van der Waals surface area contributed by atoms with E-state index in [2.05, 4.69) is 83.3 Å². The molecule has 1 aliphatic heterocycles. The van der Waals surface area contributed by atoms with E-state index in [4.69, 9.17) is 0 Å². The maximum Gasteiger partial charge on any atom is 0.0639 e. The molecule has 0 aromatic carbocycles. The van der Waals surface area contributed by atoms with Gasteiger partial charge < -0.3 is 4.90 Å². The number of piperidine rings is 1. The number of hydrogen-bond donors (Lipinski definition) is 1. The fourth-order valence-electron chi connectivity index (χ4n) is 3.93. The lowest BCUT2D eigenvalue weighted by Crippen LogP contribution is -2.34. The van der Waals surface area contributed by atoms with Crippen molar-refractivity contribution in [1.82, 2.24) is 14.7 Å². The Morgan fingerprint density at radius 3 is 2.35 bits per heavy atom. The minimum atomic E-state index is 1.01. The Balaban J connectivity index is 0.000000592. The minimum Gasteiger partial charge on any atom is -0.303 e. The lowest BCUT2D eigenvalue weighted by molar-refractivity contribution is 0.183. The molecule has 0 atom stereocenters. The normalized spacial score (nSPS) is 16.3. The van der Waals surface area contributed by atoms with Crippen LogP contribution in [-0.2, 0) is 0 Å². The van der Waals surface area contributed by atoms with Gasteiger partial charge in [-0.3, -0.25) is 0 Å². The molecule has 0 radical (unpaired) electrons. The molecule has 0 unspecified atom stereocenters. The summed E-state index contributed by atoms with van der Waals surface area (Å²) in [5.41, 5.74) is 4.57. The molecular weight excluding hydrogens is 502 g/mol. The SMILES string of the molecule is C=C(/C=C(/C)n1ncc(Br)c1C)C1=CC=CCC1.CC.CC.CCC1CCN(CCCS)CC1. The maximum absolute atomic E-state index is 4.34. The van der Waals surface area contributed by atoms with Crippen molar-refractivity contribution in [2.45, 2.75) is 87.0 Å². The molecule has 3 rings (SSSR count). The highest BCUT2D eigenvalue weighted by Gasteiger charge is 2.16. The fraction of sp³-hybridized carbons (Fsp3) is 0.621. The second kappa shape index (κ2) is 20.2. The van der Waals surface area contributed by atoms with E-state index in [1.165, 1.54) is 50.9 Å². The zero-order valence-electron chi connectivity index (χ0n) is 22.9. The molecule has 194 valence electrons. The van der Waals surface area contributed by atoms with Gasteiger partial charge in [-0.15, -0.1) is 0 Å². The largest absolute Gasteiger partial charge is 0.303 e. The molecule has 5 heteroatoms. The zero-order valence-corrected chi connectivity index (χ0v) is 25.4. The summed E-state index contributed by atoms with van der Waals surface area (Å²) in [6.07, 6.45) is 18.0. The van der Waals surface area contributed by atoms with Gasteiger partial charge in [0.15, 0.2) is 0 Å². The van der Waals surface area contributed by atoms with Crippen LogP contribution in [0.1, 0.15) is 85.8 Å². The Morgan fingerprint density at radius 1 is 1.24 bits per heavy atom. The minimum absolute atomic E-state index is 1.01. The Hall–Kier alpha value is -1.04. The van der Waals surface area contributed by atoms with Crippen molar-refractivity contribution < 1.29 is 0 Å². The monoisotopic (exact) mass is 551 g/mol. The summed E-state index contributed by atoms with van der Waals surface area (Å²) in [6.45, 7) is 22.5. The number of halogens is 1. The van der Waals surface area contributed by atoms with Crippen LogP contribution in [0.3, 0.4) is 0 Å². The van der Waals surface area contributed by atoms with Crippen molar-refractivity contribution in [3.8, 4) is 0 Å². The van der Waals surface area contributed by atoms with Gasteiger partial charge in [-0.25, -0.2) is 4.68 Å². The summed E-state index contributed by atoms with van der Waals surface area (Å²) in [7, 11) is 0. The molecule has 0 bridgehead atoms. The van der Waals surface area contributed by atoms with Crippen molar-refractivity contribution in [2.24, 2.45) is 5.92 Å². The Bertz CT molecular complexity index is 768. The highest BCUT2D eigenvalue weighted by Crippen LogP contribution is 2.23. The summed E-state index contributed by atoms with van der Waals surface area (Å²) in [4.78, 5) is 2.59. The molecule has 0 spiro atoms. The first-order valence-electron chi connectivity index (χ1n) is 13.2. The first-order valence-corrected chi connectivity index (χ1v) is 14.7. The van der Waals surface area contributed by atoms with Crippen LogP contribution in [0, 0.1) is 12.8 Å². The van der Waals surface area contributed by atoms with Crippen LogP contribution in [0.25, 0.3) is 5.70 Å². The van der Waals surface area contributed by atoms with E-state index in [-0.39, 0.29) is 0 Å². The molecule has 1 aromatic heterocycles. The predicted octanol–water partition coefficient (Wildman–Crippen LogP) is 9.13. The second-order valence-electron chi connectivity index (χ2n) is 8.23. The number of likely N-dealkylation sites (tertiary alicyclic amines) is 1. The molecular formula is C29H50BrN3S. The summed E-state index contributed by atoms with van der Waals surface area (Å²) >= 11 is 7.70. The van der Waals surface area contributed by atoms with E-state index in [0.29, 0.717) is 0 Å². The van der Waals surface area contributed by atoms with E-state index in [0.717, 1.165) is 45.9 Å². The number of allylic oxidation sites excluding steroid dienone is 7. The van der Waals surface area contributed by atoms with E-state index < -0.39 is 0 Å². The number of rotatable bonds is 7. The molecule has 1 fully saturated rings.